The minimum absolute atomic E-state index is 0. The maximum atomic E-state index is 11.6. The van der Waals surface area contributed by atoms with E-state index in [1.165, 1.54) is 12.8 Å². The van der Waals surface area contributed by atoms with Gasteiger partial charge in [0.2, 0.25) is 11.8 Å². The van der Waals surface area contributed by atoms with Crippen molar-refractivity contribution in [2.75, 3.05) is 0 Å². The summed E-state index contributed by atoms with van der Waals surface area (Å²) < 4.78 is 0. The highest BCUT2D eigenvalue weighted by Gasteiger charge is 2.20. The van der Waals surface area contributed by atoms with E-state index in [0.717, 1.165) is 25.7 Å². The van der Waals surface area contributed by atoms with E-state index >= 15 is 0 Å². The van der Waals surface area contributed by atoms with E-state index in [1.54, 1.807) is 0 Å². The number of primary amides is 1. The van der Waals surface area contributed by atoms with Gasteiger partial charge >= 0.3 is 0 Å². The Morgan fingerprint density at radius 3 is 2.18 bits per heavy atom. The lowest BCUT2D eigenvalue weighted by Gasteiger charge is -2.18. The normalized spacial score (nSPS) is 18.6. The summed E-state index contributed by atoms with van der Waals surface area (Å²) in [5.74, 6) is -0.797. The van der Waals surface area contributed by atoms with E-state index in [9.17, 15) is 9.59 Å². The Morgan fingerprint density at radius 1 is 1.18 bits per heavy atom. The Labute approximate surface area is 108 Å². The third kappa shape index (κ3) is 6.48. The molecule has 1 saturated carbocycles. The lowest BCUT2D eigenvalue weighted by molar-refractivity contribution is -0.126. The van der Waals surface area contributed by atoms with Crippen molar-refractivity contribution in [1.82, 2.24) is 5.32 Å². The summed E-state index contributed by atoms with van der Waals surface area (Å²) >= 11 is 0. The van der Waals surface area contributed by atoms with Crippen molar-refractivity contribution in [2.24, 2.45) is 11.5 Å². The smallest absolute Gasteiger partial charge is 0.237 e. The maximum Gasteiger partial charge on any atom is 0.237 e. The molecule has 2 amide bonds. The van der Waals surface area contributed by atoms with Gasteiger partial charge in [-0.3, -0.25) is 9.59 Å². The molecule has 0 aromatic rings. The molecule has 0 aromatic carbocycles. The highest BCUT2D eigenvalue weighted by atomic mass is 35.5. The second-order valence-electron chi connectivity index (χ2n) is 4.47. The summed E-state index contributed by atoms with van der Waals surface area (Å²) in [6.45, 7) is 0. The minimum Gasteiger partial charge on any atom is -0.370 e. The molecule has 1 aliphatic carbocycles. The first kappa shape index (κ1) is 16.2. The average Bonchev–Trinajstić information content (AvgIpc) is 2.45. The van der Waals surface area contributed by atoms with Gasteiger partial charge in [-0.25, -0.2) is 0 Å². The number of halogens is 1. The van der Waals surface area contributed by atoms with Crippen molar-refractivity contribution in [3.05, 3.63) is 0 Å². The van der Waals surface area contributed by atoms with Gasteiger partial charge in [0.1, 0.15) is 0 Å². The quantitative estimate of drug-likeness (QED) is 0.642. The van der Waals surface area contributed by atoms with Crippen LogP contribution in [-0.2, 0) is 9.59 Å². The number of nitrogens with one attached hydrogen (secondary N) is 1. The fraction of sp³-hybridized carbons (Fsp3) is 0.818. The number of hydrogen-bond acceptors (Lipinski definition) is 3. The molecule has 1 fully saturated rings. The first-order chi connectivity index (χ1) is 7.59. The van der Waals surface area contributed by atoms with Crippen LogP contribution >= 0.6 is 12.4 Å². The predicted octanol–water partition coefficient (Wildman–Crippen LogP) is 0.450. The molecule has 0 aliphatic heterocycles. The van der Waals surface area contributed by atoms with Gasteiger partial charge in [-0.1, -0.05) is 25.7 Å². The van der Waals surface area contributed by atoms with Crippen LogP contribution in [-0.4, -0.2) is 23.9 Å². The number of hydrogen-bond donors (Lipinski definition) is 3. The van der Waals surface area contributed by atoms with Crippen LogP contribution in [0.5, 0.6) is 0 Å². The predicted molar refractivity (Wildman–Crippen MR) is 68.7 cm³/mol. The summed E-state index contributed by atoms with van der Waals surface area (Å²) in [5.41, 5.74) is 10.6. The molecule has 0 bridgehead atoms. The molecule has 100 valence electrons. The second-order valence-corrected chi connectivity index (χ2v) is 4.47. The molecule has 1 aliphatic rings. The third-order valence-corrected chi connectivity index (χ3v) is 2.96. The number of rotatable bonds is 4. The van der Waals surface area contributed by atoms with Crippen LogP contribution in [0.25, 0.3) is 0 Å². The molecular formula is C11H22ClN3O2. The Bertz CT molecular complexity index is 253. The fourth-order valence-corrected chi connectivity index (χ4v) is 2.04. The number of amides is 2. The minimum atomic E-state index is -0.805. The van der Waals surface area contributed by atoms with Crippen LogP contribution in [0.4, 0.5) is 0 Å². The zero-order chi connectivity index (χ0) is 12.0. The average molecular weight is 264 g/mol. The van der Waals surface area contributed by atoms with E-state index in [-0.39, 0.29) is 30.8 Å². The van der Waals surface area contributed by atoms with Crippen LogP contribution in [0.15, 0.2) is 0 Å². The molecule has 0 spiro atoms. The molecule has 5 nitrogen and oxygen atoms in total. The van der Waals surface area contributed by atoms with Gasteiger partial charge in [0, 0.05) is 6.04 Å². The van der Waals surface area contributed by atoms with E-state index in [2.05, 4.69) is 5.32 Å². The van der Waals surface area contributed by atoms with E-state index in [0.29, 0.717) is 0 Å². The SMILES string of the molecule is Cl.NC(=O)CC(N)C(=O)NC1CCCCCC1. The highest BCUT2D eigenvalue weighted by Crippen LogP contribution is 2.17. The Balaban J connectivity index is 0.00000256. The number of carbonyl (C=O) groups is 2. The van der Waals surface area contributed by atoms with Crippen LogP contribution < -0.4 is 16.8 Å². The lowest BCUT2D eigenvalue weighted by atomic mass is 10.1. The van der Waals surface area contributed by atoms with Crippen LogP contribution in [0.2, 0.25) is 0 Å². The highest BCUT2D eigenvalue weighted by molar-refractivity contribution is 5.87. The Kier molecular flexibility index (Phi) is 7.91. The molecule has 1 atom stereocenters. The van der Waals surface area contributed by atoms with Gasteiger partial charge in [0.15, 0.2) is 0 Å². The third-order valence-electron chi connectivity index (χ3n) is 2.96. The Hall–Kier alpha value is -0.810. The number of nitrogens with two attached hydrogens (primary N) is 2. The lowest BCUT2D eigenvalue weighted by Crippen LogP contribution is -2.46. The topological polar surface area (TPSA) is 98.2 Å². The second kappa shape index (κ2) is 8.31. The van der Waals surface area contributed by atoms with Crippen molar-refractivity contribution in [3.8, 4) is 0 Å². The first-order valence-corrected chi connectivity index (χ1v) is 5.94. The van der Waals surface area contributed by atoms with Gasteiger partial charge in [-0.15, -0.1) is 12.4 Å². The standard InChI is InChI=1S/C11H21N3O2.ClH/c12-9(7-10(13)15)11(16)14-8-5-3-1-2-4-6-8;/h8-9H,1-7,12H2,(H2,13,15)(H,14,16);1H. The molecule has 0 heterocycles. The van der Waals surface area contributed by atoms with Crippen molar-refractivity contribution >= 4 is 24.2 Å². The zero-order valence-corrected chi connectivity index (χ0v) is 10.8. The van der Waals surface area contributed by atoms with Crippen molar-refractivity contribution in [1.29, 1.82) is 0 Å². The van der Waals surface area contributed by atoms with E-state index in [4.69, 9.17) is 11.5 Å². The van der Waals surface area contributed by atoms with Gasteiger partial charge in [0.05, 0.1) is 12.5 Å². The summed E-state index contributed by atoms with van der Waals surface area (Å²) in [4.78, 5) is 22.2. The van der Waals surface area contributed by atoms with Gasteiger partial charge < -0.3 is 16.8 Å². The van der Waals surface area contributed by atoms with Crippen LogP contribution in [0.1, 0.15) is 44.9 Å². The summed E-state index contributed by atoms with van der Waals surface area (Å²) in [6.07, 6.45) is 6.70. The van der Waals surface area contributed by atoms with Gasteiger partial charge in [-0.2, -0.15) is 0 Å². The van der Waals surface area contributed by atoms with Crippen molar-refractivity contribution in [3.63, 3.8) is 0 Å². The molecule has 0 radical (unpaired) electrons. The van der Waals surface area contributed by atoms with Gasteiger partial charge in [-0.05, 0) is 12.8 Å². The first-order valence-electron chi connectivity index (χ1n) is 5.94. The van der Waals surface area contributed by atoms with Crippen LogP contribution in [0, 0.1) is 0 Å². The van der Waals surface area contributed by atoms with E-state index < -0.39 is 11.9 Å². The summed E-state index contributed by atoms with van der Waals surface area (Å²) in [7, 11) is 0. The largest absolute Gasteiger partial charge is 0.370 e. The van der Waals surface area contributed by atoms with Crippen LogP contribution in [0.3, 0.4) is 0 Å². The monoisotopic (exact) mass is 263 g/mol. The molecule has 0 saturated heterocycles. The maximum absolute atomic E-state index is 11.6. The summed E-state index contributed by atoms with van der Waals surface area (Å²) in [6, 6.07) is -0.588. The molecule has 5 N–H and O–H groups in total. The Morgan fingerprint density at radius 2 is 1.71 bits per heavy atom. The molecule has 17 heavy (non-hydrogen) atoms. The zero-order valence-electron chi connectivity index (χ0n) is 9.98. The molecule has 6 heteroatoms. The van der Waals surface area contributed by atoms with Gasteiger partial charge in [0.25, 0.3) is 0 Å². The summed E-state index contributed by atoms with van der Waals surface area (Å²) in [5, 5.41) is 2.89. The van der Waals surface area contributed by atoms with E-state index in [1.807, 2.05) is 0 Å². The molecule has 1 rings (SSSR count). The van der Waals surface area contributed by atoms with Crippen molar-refractivity contribution in [2.45, 2.75) is 57.0 Å². The molecule has 1 unspecified atom stereocenters. The molecular weight excluding hydrogens is 242 g/mol. The molecule has 0 aromatic heterocycles. The number of carbonyl (C=O) groups excluding carboxylic acids is 2. The van der Waals surface area contributed by atoms with Crippen molar-refractivity contribution < 1.29 is 9.59 Å². The fourth-order valence-electron chi connectivity index (χ4n) is 2.04.